The summed E-state index contributed by atoms with van der Waals surface area (Å²) >= 11 is 10.2. The lowest BCUT2D eigenvalue weighted by molar-refractivity contribution is 0.628. The van der Waals surface area contributed by atoms with E-state index in [0.717, 1.165) is 0 Å². The van der Waals surface area contributed by atoms with Crippen LogP contribution in [-0.2, 0) is 0 Å². The molecule has 0 amide bonds. The highest BCUT2D eigenvalue weighted by Crippen LogP contribution is 2.26. The standard InChI is InChI=1S/C8H4BrClFN3S/c9-7-13-14-8(15-7)12-4-1-2-6(11)5(10)3-4/h1-3H,(H,12,14). The van der Waals surface area contributed by atoms with E-state index in [1.54, 1.807) is 6.07 Å². The predicted molar refractivity (Wildman–Crippen MR) is 62.3 cm³/mol. The van der Waals surface area contributed by atoms with Gasteiger partial charge in [0.25, 0.3) is 0 Å². The van der Waals surface area contributed by atoms with Crippen molar-refractivity contribution in [3.8, 4) is 0 Å². The van der Waals surface area contributed by atoms with Crippen LogP contribution >= 0.6 is 38.9 Å². The fraction of sp³-hybridized carbons (Fsp3) is 0. The van der Waals surface area contributed by atoms with Crippen molar-refractivity contribution in [2.45, 2.75) is 0 Å². The van der Waals surface area contributed by atoms with Crippen molar-refractivity contribution >= 4 is 49.7 Å². The molecule has 0 saturated heterocycles. The Morgan fingerprint density at radius 2 is 2.20 bits per heavy atom. The third-order valence-electron chi connectivity index (χ3n) is 1.57. The Morgan fingerprint density at radius 1 is 1.40 bits per heavy atom. The van der Waals surface area contributed by atoms with E-state index in [-0.39, 0.29) is 5.02 Å². The van der Waals surface area contributed by atoms with Crippen LogP contribution in [0.25, 0.3) is 0 Å². The van der Waals surface area contributed by atoms with Crippen LogP contribution in [0.3, 0.4) is 0 Å². The maximum atomic E-state index is 12.8. The summed E-state index contributed by atoms with van der Waals surface area (Å²) < 4.78 is 13.5. The molecule has 0 aliphatic heterocycles. The van der Waals surface area contributed by atoms with Crippen molar-refractivity contribution in [2.24, 2.45) is 0 Å². The molecule has 0 radical (unpaired) electrons. The van der Waals surface area contributed by atoms with Gasteiger partial charge >= 0.3 is 0 Å². The van der Waals surface area contributed by atoms with E-state index in [4.69, 9.17) is 11.6 Å². The number of halogens is 3. The molecule has 15 heavy (non-hydrogen) atoms. The molecular formula is C8H4BrClFN3S. The summed E-state index contributed by atoms with van der Waals surface area (Å²) in [4.78, 5) is 0. The third-order valence-corrected chi connectivity index (χ3v) is 3.13. The van der Waals surface area contributed by atoms with Crippen LogP contribution in [0.15, 0.2) is 22.1 Å². The molecule has 0 fully saturated rings. The lowest BCUT2D eigenvalue weighted by atomic mass is 10.3. The Kier molecular flexibility index (Phi) is 3.18. The molecule has 1 aromatic heterocycles. The van der Waals surface area contributed by atoms with Gasteiger partial charge in [0.15, 0.2) is 3.92 Å². The van der Waals surface area contributed by atoms with Crippen molar-refractivity contribution in [1.29, 1.82) is 0 Å². The molecule has 2 aromatic rings. The summed E-state index contributed by atoms with van der Waals surface area (Å²) in [6.45, 7) is 0. The van der Waals surface area contributed by atoms with Gasteiger partial charge in [-0.3, -0.25) is 0 Å². The second-order valence-corrected chi connectivity index (χ2v) is 5.27. The number of nitrogens with one attached hydrogen (secondary N) is 1. The van der Waals surface area contributed by atoms with Crippen molar-refractivity contribution < 1.29 is 4.39 Å². The van der Waals surface area contributed by atoms with Crippen molar-refractivity contribution in [3.63, 3.8) is 0 Å². The summed E-state index contributed by atoms with van der Waals surface area (Å²) in [6.07, 6.45) is 0. The Hall–Kier alpha value is -0.720. The fourth-order valence-corrected chi connectivity index (χ4v) is 2.16. The van der Waals surface area contributed by atoms with Crippen molar-refractivity contribution in [2.75, 3.05) is 5.32 Å². The topological polar surface area (TPSA) is 37.8 Å². The smallest absolute Gasteiger partial charge is 0.210 e. The van der Waals surface area contributed by atoms with Gasteiger partial charge in [-0.25, -0.2) is 4.39 Å². The summed E-state index contributed by atoms with van der Waals surface area (Å²) in [6, 6.07) is 4.36. The molecule has 3 nitrogen and oxygen atoms in total. The molecular weight excluding hydrogens is 305 g/mol. The minimum absolute atomic E-state index is 0.0728. The van der Waals surface area contributed by atoms with E-state index in [1.807, 2.05) is 0 Å². The van der Waals surface area contributed by atoms with Crippen LogP contribution in [0.2, 0.25) is 5.02 Å². The predicted octanol–water partition coefficient (Wildman–Crippen LogP) is 3.84. The van der Waals surface area contributed by atoms with Crippen LogP contribution in [-0.4, -0.2) is 10.2 Å². The molecule has 0 aliphatic rings. The molecule has 78 valence electrons. The molecule has 2 rings (SSSR count). The average molecular weight is 309 g/mol. The van der Waals surface area contributed by atoms with Crippen LogP contribution in [0, 0.1) is 5.82 Å². The molecule has 7 heteroatoms. The number of hydrogen-bond acceptors (Lipinski definition) is 4. The highest BCUT2D eigenvalue weighted by molar-refractivity contribution is 9.11. The first-order valence-electron chi connectivity index (χ1n) is 3.86. The van der Waals surface area contributed by atoms with Crippen LogP contribution in [0.5, 0.6) is 0 Å². The Balaban J connectivity index is 2.21. The van der Waals surface area contributed by atoms with Gasteiger partial charge in [-0.15, -0.1) is 10.2 Å². The van der Waals surface area contributed by atoms with E-state index in [1.165, 1.54) is 23.5 Å². The zero-order valence-corrected chi connectivity index (χ0v) is 10.3. The van der Waals surface area contributed by atoms with Crippen molar-refractivity contribution in [1.82, 2.24) is 10.2 Å². The number of aromatic nitrogens is 2. The molecule has 0 aliphatic carbocycles. The van der Waals surface area contributed by atoms with E-state index < -0.39 is 5.82 Å². The molecule has 0 spiro atoms. The summed E-state index contributed by atoms with van der Waals surface area (Å²) in [5.74, 6) is -0.444. The van der Waals surface area contributed by atoms with Gasteiger partial charge in [0.2, 0.25) is 5.13 Å². The Bertz CT molecular complexity index is 490. The highest BCUT2D eigenvalue weighted by atomic mass is 79.9. The number of benzene rings is 1. The second-order valence-electron chi connectivity index (χ2n) is 2.61. The molecule has 0 saturated carbocycles. The molecule has 1 aromatic carbocycles. The lowest BCUT2D eigenvalue weighted by Gasteiger charge is -2.02. The van der Waals surface area contributed by atoms with Crippen LogP contribution in [0.1, 0.15) is 0 Å². The molecule has 0 bridgehead atoms. The SMILES string of the molecule is Fc1ccc(Nc2nnc(Br)s2)cc1Cl. The molecule has 0 atom stereocenters. The van der Waals surface area contributed by atoms with E-state index in [9.17, 15) is 4.39 Å². The fourth-order valence-electron chi connectivity index (χ4n) is 0.953. The third kappa shape index (κ3) is 2.64. The summed E-state index contributed by atoms with van der Waals surface area (Å²) in [5, 5.41) is 11.2. The van der Waals surface area contributed by atoms with E-state index in [2.05, 4.69) is 31.4 Å². The maximum Gasteiger partial charge on any atom is 0.210 e. The zero-order chi connectivity index (χ0) is 10.8. The normalized spacial score (nSPS) is 10.3. The molecule has 0 unspecified atom stereocenters. The minimum atomic E-state index is -0.444. The van der Waals surface area contributed by atoms with Gasteiger partial charge in [-0.05, 0) is 34.1 Å². The maximum absolute atomic E-state index is 12.8. The van der Waals surface area contributed by atoms with Crippen molar-refractivity contribution in [3.05, 3.63) is 33.0 Å². The number of nitrogens with zero attached hydrogens (tertiary/aromatic N) is 2. The number of hydrogen-bond donors (Lipinski definition) is 1. The largest absolute Gasteiger partial charge is 0.330 e. The first-order chi connectivity index (χ1) is 7.15. The minimum Gasteiger partial charge on any atom is -0.330 e. The average Bonchev–Trinajstić information content (AvgIpc) is 2.58. The van der Waals surface area contributed by atoms with Gasteiger partial charge in [-0.2, -0.15) is 0 Å². The summed E-state index contributed by atoms with van der Waals surface area (Å²) in [7, 11) is 0. The second kappa shape index (κ2) is 4.42. The molecule has 1 heterocycles. The van der Waals surface area contributed by atoms with Gasteiger partial charge in [0.05, 0.1) is 5.02 Å². The Morgan fingerprint density at radius 3 is 2.80 bits per heavy atom. The van der Waals surface area contributed by atoms with Gasteiger partial charge in [0.1, 0.15) is 5.82 Å². The Labute approximate surface area is 102 Å². The van der Waals surface area contributed by atoms with Crippen LogP contribution in [0.4, 0.5) is 15.2 Å². The van der Waals surface area contributed by atoms with Gasteiger partial charge < -0.3 is 5.32 Å². The first-order valence-corrected chi connectivity index (χ1v) is 5.85. The van der Waals surface area contributed by atoms with Crippen LogP contribution < -0.4 is 5.32 Å². The lowest BCUT2D eigenvalue weighted by Crippen LogP contribution is -1.90. The van der Waals surface area contributed by atoms with Gasteiger partial charge in [0, 0.05) is 5.69 Å². The number of rotatable bonds is 2. The quantitative estimate of drug-likeness (QED) is 0.916. The van der Waals surface area contributed by atoms with Gasteiger partial charge in [-0.1, -0.05) is 22.9 Å². The monoisotopic (exact) mass is 307 g/mol. The molecule has 1 N–H and O–H groups in total. The first kappa shape index (κ1) is 10.8. The van der Waals surface area contributed by atoms with E-state index in [0.29, 0.717) is 14.7 Å². The number of anilines is 2. The summed E-state index contributed by atoms with van der Waals surface area (Å²) in [5.41, 5.74) is 0.671. The highest BCUT2D eigenvalue weighted by Gasteiger charge is 2.04. The zero-order valence-electron chi connectivity index (χ0n) is 7.17. The van der Waals surface area contributed by atoms with E-state index >= 15 is 0 Å².